The van der Waals surface area contributed by atoms with Crippen LogP contribution < -0.4 is 0 Å². The van der Waals surface area contributed by atoms with Crippen molar-refractivity contribution in [1.29, 1.82) is 0 Å². The molecule has 0 aromatic rings. The number of rotatable bonds is 4. The van der Waals surface area contributed by atoms with E-state index in [1.807, 2.05) is 19.9 Å². The minimum absolute atomic E-state index is 0.481. The molecular formula is C12H21N. The van der Waals surface area contributed by atoms with Gasteiger partial charge >= 0.3 is 0 Å². The smallest absolute Gasteiger partial charge is 0.0302 e. The van der Waals surface area contributed by atoms with Gasteiger partial charge in [-0.1, -0.05) is 53.0 Å². The summed E-state index contributed by atoms with van der Waals surface area (Å²) in [5.41, 5.74) is 1.14. The van der Waals surface area contributed by atoms with Gasteiger partial charge in [0.15, 0.2) is 0 Å². The molecule has 0 amide bonds. The zero-order chi connectivity index (χ0) is 10.7. The molecule has 0 atom stereocenters. The molecule has 0 spiro atoms. The lowest BCUT2D eigenvalue weighted by Gasteiger charge is -2.02. The van der Waals surface area contributed by atoms with Gasteiger partial charge in [0, 0.05) is 12.4 Å². The minimum atomic E-state index is 0.481. The van der Waals surface area contributed by atoms with Crippen LogP contribution >= 0.6 is 0 Å². The highest BCUT2D eigenvalue weighted by Crippen LogP contribution is 2.09. The van der Waals surface area contributed by atoms with Gasteiger partial charge in [-0.3, -0.25) is 4.99 Å². The quantitative estimate of drug-likeness (QED) is 0.457. The van der Waals surface area contributed by atoms with E-state index >= 15 is 0 Å². The molecule has 13 heavy (non-hydrogen) atoms. The molecule has 0 aromatic heterocycles. The summed E-state index contributed by atoms with van der Waals surface area (Å²) in [6.45, 7) is 15.4. The molecule has 0 N–H and O–H groups in total. The highest BCUT2D eigenvalue weighted by atomic mass is 14.7. The van der Waals surface area contributed by atoms with Crippen molar-refractivity contribution >= 4 is 6.21 Å². The molecule has 1 nitrogen and oxygen atoms in total. The van der Waals surface area contributed by atoms with Crippen molar-refractivity contribution in [2.45, 2.75) is 27.7 Å². The van der Waals surface area contributed by atoms with Crippen molar-refractivity contribution in [3.63, 3.8) is 0 Å². The normalized spacial score (nSPS) is 11.0. The van der Waals surface area contributed by atoms with Crippen LogP contribution in [0.3, 0.4) is 0 Å². The molecule has 0 aromatic carbocycles. The summed E-state index contributed by atoms with van der Waals surface area (Å²) < 4.78 is 0. The van der Waals surface area contributed by atoms with Crippen LogP contribution in [-0.4, -0.2) is 6.21 Å². The molecule has 0 unspecified atom stereocenters. The van der Waals surface area contributed by atoms with Gasteiger partial charge in [-0.15, -0.1) is 0 Å². The SMILES string of the molecule is C=CC=N/C=C(\C=C)C(C)C.CC. The average molecular weight is 179 g/mol. The maximum Gasteiger partial charge on any atom is 0.0302 e. The molecule has 0 rings (SSSR count). The van der Waals surface area contributed by atoms with Crippen LogP contribution in [-0.2, 0) is 0 Å². The maximum atomic E-state index is 4.01. The van der Waals surface area contributed by atoms with Gasteiger partial charge in [-0.25, -0.2) is 0 Å². The first-order valence-corrected chi connectivity index (χ1v) is 4.69. The Labute approximate surface area is 82.6 Å². The highest BCUT2D eigenvalue weighted by molar-refractivity contribution is 5.70. The molecule has 0 saturated heterocycles. The summed E-state index contributed by atoms with van der Waals surface area (Å²) in [5, 5.41) is 0. The van der Waals surface area contributed by atoms with Gasteiger partial charge < -0.3 is 0 Å². The number of aliphatic imine (C=N–C) groups is 1. The first kappa shape index (κ1) is 14.4. The van der Waals surface area contributed by atoms with Gasteiger partial charge in [0.25, 0.3) is 0 Å². The van der Waals surface area contributed by atoms with E-state index in [0.717, 1.165) is 5.57 Å². The standard InChI is InChI=1S/C10H15N.C2H6/c1-5-7-11-8-10(6-2)9(3)4;1-2/h5-9H,1-2H2,3-4H3;1-2H3/b10-8+,11-7?;. The Balaban J connectivity index is 0. The van der Waals surface area contributed by atoms with Crippen LogP contribution in [0.5, 0.6) is 0 Å². The predicted octanol–water partition coefficient (Wildman–Crippen LogP) is 4.00. The molecule has 0 bridgehead atoms. The average Bonchev–Trinajstić information content (AvgIpc) is 2.15. The number of allylic oxidation sites excluding steroid dienone is 3. The van der Waals surface area contributed by atoms with E-state index in [9.17, 15) is 0 Å². The summed E-state index contributed by atoms with van der Waals surface area (Å²) >= 11 is 0. The van der Waals surface area contributed by atoms with Gasteiger partial charge in [-0.05, 0) is 11.5 Å². The van der Waals surface area contributed by atoms with Gasteiger partial charge in [0.05, 0.1) is 0 Å². The third-order valence-corrected chi connectivity index (χ3v) is 1.32. The van der Waals surface area contributed by atoms with Crippen LogP contribution in [0.4, 0.5) is 0 Å². The fourth-order valence-corrected chi connectivity index (χ4v) is 0.627. The predicted molar refractivity (Wildman–Crippen MR) is 63.2 cm³/mol. The molecule has 0 radical (unpaired) electrons. The van der Waals surface area contributed by atoms with E-state index in [2.05, 4.69) is 32.0 Å². The molecule has 0 aliphatic carbocycles. The summed E-state index contributed by atoms with van der Waals surface area (Å²) in [5.74, 6) is 0.481. The third kappa shape index (κ3) is 8.80. The van der Waals surface area contributed by atoms with Crippen molar-refractivity contribution in [1.82, 2.24) is 0 Å². The Morgan fingerprint density at radius 1 is 1.23 bits per heavy atom. The summed E-state index contributed by atoms with van der Waals surface area (Å²) in [4.78, 5) is 4.01. The summed E-state index contributed by atoms with van der Waals surface area (Å²) in [6.07, 6.45) is 6.94. The Hall–Kier alpha value is -1.11. The number of hydrogen-bond acceptors (Lipinski definition) is 1. The minimum Gasteiger partial charge on any atom is -0.264 e. The molecule has 0 saturated carbocycles. The largest absolute Gasteiger partial charge is 0.264 e. The zero-order valence-electron chi connectivity index (χ0n) is 9.25. The van der Waals surface area contributed by atoms with Gasteiger partial charge in [0.1, 0.15) is 0 Å². The van der Waals surface area contributed by atoms with Crippen LogP contribution in [0.2, 0.25) is 0 Å². The van der Waals surface area contributed by atoms with E-state index in [4.69, 9.17) is 0 Å². The second-order valence-corrected chi connectivity index (χ2v) is 2.52. The highest BCUT2D eigenvalue weighted by Gasteiger charge is 1.95. The lowest BCUT2D eigenvalue weighted by Crippen LogP contribution is -1.88. The Kier molecular flexibility index (Phi) is 12.1. The molecule has 0 fully saturated rings. The molecule has 0 heterocycles. The Morgan fingerprint density at radius 3 is 2.08 bits per heavy atom. The second kappa shape index (κ2) is 10.9. The van der Waals surface area contributed by atoms with Crippen molar-refractivity contribution in [2.24, 2.45) is 10.9 Å². The third-order valence-electron chi connectivity index (χ3n) is 1.32. The first-order chi connectivity index (χ1) is 6.22. The van der Waals surface area contributed by atoms with Crippen molar-refractivity contribution in [2.75, 3.05) is 0 Å². The van der Waals surface area contributed by atoms with Crippen molar-refractivity contribution in [3.05, 3.63) is 37.1 Å². The van der Waals surface area contributed by atoms with E-state index in [1.54, 1.807) is 18.5 Å². The number of nitrogens with zero attached hydrogens (tertiary/aromatic N) is 1. The van der Waals surface area contributed by atoms with Crippen LogP contribution in [0.15, 0.2) is 42.1 Å². The fraction of sp³-hybridized carbons (Fsp3) is 0.417. The molecule has 0 aliphatic rings. The van der Waals surface area contributed by atoms with Crippen molar-refractivity contribution < 1.29 is 0 Å². The van der Waals surface area contributed by atoms with E-state index in [-0.39, 0.29) is 0 Å². The van der Waals surface area contributed by atoms with Crippen LogP contribution in [0.25, 0.3) is 0 Å². The Bertz CT molecular complexity index is 185. The monoisotopic (exact) mass is 179 g/mol. The lowest BCUT2D eigenvalue weighted by atomic mass is 10.1. The topological polar surface area (TPSA) is 12.4 Å². The Morgan fingerprint density at radius 2 is 1.77 bits per heavy atom. The van der Waals surface area contributed by atoms with Crippen LogP contribution in [0, 0.1) is 5.92 Å². The van der Waals surface area contributed by atoms with Crippen molar-refractivity contribution in [3.8, 4) is 0 Å². The molecule has 0 aliphatic heterocycles. The lowest BCUT2D eigenvalue weighted by molar-refractivity contribution is 0.789. The number of hydrogen-bond donors (Lipinski definition) is 0. The molecule has 74 valence electrons. The second-order valence-electron chi connectivity index (χ2n) is 2.52. The van der Waals surface area contributed by atoms with E-state index in [1.165, 1.54) is 0 Å². The van der Waals surface area contributed by atoms with Gasteiger partial charge in [0.2, 0.25) is 0 Å². The molecule has 1 heteroatoms. The fourth-order valence-electron chi connectivity index (χ4n) is 0.627. The van der Waals surface area contributed by atoms with Gasteiger partial charge in [-0.2, -0.15) is 0 Å². The summed E-state index contributed by atoms with van der Waals surface area (Å²) in [7, 11) is 0. The molecular weight excluding hydrogens is 158 g/mol. The van der Waals surface area contributed by atoms with E-state index in [0.29, 0.717) is 5.92 Å². The first-order valence-electron chi connectivity index (χ1n) is 4.69. The summed E-state index contributed by atoms with van der Waals surface area (Å²) in [6, 6.07) is 0. The van der Waals surface area contributed by atoms with Crippen LogP contribution in [0.1, 0.15) is 27.7 Å². The van der Waals surface area contributed by atoms with E-state index < -0.39 is 0 Å². The zero-order valence-corrected chi connectivity index (χ0v) is 9.25. The maximum absolute atomic E-state index is 4.01.